The van der Waals surface area contributed by atoms with Gasteiger partial charge in [-0.15, -0.1) is 0 Å². The highest BCUT2D eigenvalue weighted by Gasteiger charge is 2.20. The summed E-state index contributed by atoms with van der Waals surface area (Å²) in [6, 6.07) is 9.20. The van der Waals surface area contributed by atoms with E-state index in [1.54, 1.807) is 24.4 Å². The molecule has 10 heteroatoms. The Morgan fingerprint density at radius 3 is 2.73 bits per heavy atom. The van der Waals surface area contributed by atoms with Gasteiger partial charge in [-0.2, -0.15) is 0 Å². The maximum atomic E-state index is 14.5. The van der Waals surface area contributed by atoms with Crippen LogP contribution in [0.3, 0.4) is 0 Å². The van der Waals surface area contributed by atoms with E-state index in [0.717, 1.165) is 43.3 Å². The molecular formula is C23H23F2N4O3S-. The lowest BCUT2D eigenvalue weighted by atomic mass is 9.97. The van der Waals surface area contributed by atoms with Gasteiger partial charge in [0.25, 0.3) is 0 Å². The van der Waals surface area contributed by atoms with Gasteiger partial charge in [-0.3, -0.25) is 14.0 Å². The lowest BCUT2D eigenvalue weighted by Gasteiger charge is -2.29. The zero-order valence-corrected chi connectivity index (χ0v) is 18.6. The Labute approximate surface area is 192 Å². The molecule has 2 aromatic carbocycles. The number of nitrogens with zero attached hydrogens (tertiary/aromatic N) is 2. The summed E-state index contributed by atoms with van der Waals surface area (Å²) in [7, 11) is 0. The molecule has 1 aliphatic heterocycles. The number of benzene rings is 2. The molecule has 0 amide bonds. The van der Waals surface area contributed by atoms with Crippen molar-refractivity contribution in [2.75, 3.05) is 37.6 Å². The summed E-state index contributed by atoms with van der Waals surface area (Å²) in [5.74, 6) is -2.93. The van der Waals surface area contributed by atoms with Crippen LogP contribution in [-0.2, 0) is 17.7 Å². The molecule has 1 saturated heterocycles. The molecule has 174 valence electrons. The quantitative estimate of drug-likeness (QED) is 0.296. The highest BCUT2D eigenvalue weighted by Crippen LogP contribution is 2.24. The normalized spacial score (nSPS) is 15.1. The molecule has 1 aliphatic rings. The standard InChI is InChI=1S/C23H24F2N4O3S/c24-20-11-15(2-1-5-28-33(31)32)10-19(22(20)25)23(30)16-3-4-21-17(12-16)13-18(14-27-21)29-8-6-26-7-9-29/h3-4,10-14,26,28H,1-2,5-9H2,(H,31,32)/p-1. The Kier molecular flexibility index (Phi) is 7.39. The molecule has 2 N–H and O–H groups in total. The second kappa shape index (κ2) is 10.4. The first-order chi connectivity index (χ1) is 15.9. The minimum atomic E-state index is -2.38. The van der Waals surface area contributed by atoms with Crippen molar-refractivity contribution < 1.29 is 22.3 Å². The maximum Gasteiger partial charge on any atom is 0.196 e. The van der Waals surface area contributed by atoms with Crippen molar-refractivity contribution in [1.29, 1.82) is 0 Å². The van der Waals surface area contributed by atoms with E-state index in [4.69, 9.17) is 0 Å². The molecule has 7 nitrogen and oxygen atoms in total. The van der Waals surface area contributed by atoms with Gasteiger partial charge in [0.2, 0.25) is 0 Å². The fraction of sp³-hybridized carbons (Fsp3) is 0.304. The molecular weight excluding hydrogens is 450 g/mol. The minimum Gasteiger partial charge on any atom is -0.760 e. The van der Waals surface area contributed by atoms with Crippen LogP contribution in [0.2, 0.25) is 0 Å². The Bertz CT molecular complexity index is 1200. The van der Waals surface area contributed by atoms with Crippen molar-refractivity contribution in [2.24, 2.45) is 0 Å². The number of ketones is 1. The van der Waals surface area contributed by atoms with Gasteiger partial charge in [-0.1, -0.05) is 0 Å². The molecule has 33 heavy (non-hydrogen) atoms. The van der Waals surface area contributed by atoms with E-state index in [-0.39, 0.29) is 24.1 Å². The summed E-state index contributed by atoms with van der Waals surface area (Å²) in [5, 5.41) is 4.04. The number of fused-ring (bicyclic) bond motifs is 1. The highest BCUT2D eigenvalue weighted by atomic mass is 32.2. The van der Waals surface area contributed by atoms with Crippen molar-refractivity contribution >= 4 is 33.6 Å². The summed E-state index contributed by atoms with van der Waals surface area (Å²) < 4.78 is 52.0. The first kappa shape index (κ1) is 23.4. The lowest BCUT2D eigenvalue weighted by molar-refractivity contribution is 0.103. The smallest absolute Gasteiger partial charge is 0.196 e. The second-order valence-electron chi connectivity index (χ2n) is 7.84. The number of carbonyl (C=O) groups is 1. The van der Waals surface area contributed by atoms with Gasteiger partial charge in [-0.25, -0.2) is 13.5 Å². The minimum absolute atomic E-state index is 0.158. The van der Waals surface area contributed by atoms with E-state index in [1.807, 2.05) is 6.07 Å². The molecule has 0 spiro atoms. The van der Waals surface area contributed by atoms with Crippen molar-refractivity contribution in [1.82, 2.24) is 15.0 Å². The number of hydrogen-bond acceptors (Lipinski definition) is 6. The fourth-order valence-electron chi connectivity index (χ4n) is 3.92. The van der Waals surface area contributed by atoms with E-state index in [1.165, 1.54) is 6.07 Å². The van der Waals surface area contributed by atoms with Crippen LogP contribution in [0.4, 0.5) is 14.5 Å². The molecule has 0 bridgehead atoms. The monoisotopic (exact) mass is 473 g/mol. The van der Waals surface area contributed by atoms with Crippen LogP contribution in [0, 0.1) is 11.6 Å². The van der Waals surface area contributed by atoms with Crippen molar-refractivity contribution in [2.45, 2.75) is 12.8 Å². The summed E-state index contributed by atoms with van der Waals surface area (Å²) >= 11 is -2.38. The van der Waals surface area contributed by atoms with Gasteiger partial charge in [0.05, 0.1) is 23.0 Å². The average Bonchev–Trinajstić information content (AvgIpc) is 2.83. The first-order valence-electron chi connectivity index (χ1n) is 10.6. The van der Waals surface area contributed by atoms with Crippen molar-refractivity contribution in [3.63, 3.8) is 0 Å². The molecule has 4 rings (SSSR count). The van der Waals surface area contributed by atoms with Crippen LogP contribution in [0.25, 0.3) is 10.9 Å². The largest absolute Gasteiger partial charge is 0.760 e. The molecule has 3 aromatic rings. The van der Waals surface area contributed by atoms with Crippen LogP contribution >= 0.6 is 0 Å². The predicted molar refractivity (Wildman–Crippen MR) is 122 cm³/mol. The van der Waals surface area contributed by atoms with Gasteiger partial charge < -0.3 is 14.8 Å². The molecule has 2 heterocycles. The Morgan fingerprint density at radius 2 is 1.97 bits per heavy atom. The zero-order chi connectivity index (χ0) is 23.4. The van der Waals surface area contributed by atoms with E-state index in [2.05, 4.69) is 19.9 Å². The van der Waals surface area contributed by atoms with E-state index >= 15 is 0 Å². The number of aryl methyl sites for hydroxylation is 1. The van der Waals surface area contributed by atoms with Gasteiger partial charge in [0.15, 0.2) is 17.4 Å². The Hall–Kier alpha value is -2.79. The number of anilines is 1. The number of carbonyl (C=O) groups excluding carboxylic acids is 1. The highest BCUT2D eigenvalue weighted by molar-refractivity contribution is 7.77. The van der Waals surface area contributed by atoms with Gasteiger partial charge >= 0.3 is 0 Å². The number of halogens is 2. The van der Waals surface area contributed by atoms with Crippen molar-refractivity contribution in [3.05, 3.63) is 70.9 Å². The zero-order valence-electron chi connectivity index (χ0n) is 17.8. The molecule has 1 atom stereocenters. The molecule has 1 unspecified atom stereocenters. The molecule has 0 saturated carbocycles. The lowest BCUT2D eigenvalue weighted by Crippen LogP contribution is -2.43. The molecule has 0 aliphatic carbocycles. The predicted octanol–water partition coefficient (Wildman–Crippen LogP) is 2.47. The fourth-order valence-corrected chi connectivity index (χ4v) is 4.23. The second-order valence-corrected chi connectivity index (χ2v) is 8.60. The van der Waals surface area contributed by atoms with E-state index < -0.39 is 28.7 Å². The summed E-state index contributed by atoms with van der Waals surface area (Å²) in [6.07, 6.45) is 2.46. The molecule has 1 aromatic heterocycles. The van der Waals surface area contributed by atoms with E-state index in [9.17, 15) is 22.3 Å². The van der Waals surface area contributed by atoms with Crippen LogP contribution < -0.4 is 14.9 Å². The molecule has 1 fully saturated rings. The van der Waals surface area contributed by atoms with Crippen molar-refractivity contribution in [3.8, 4) is 0 Å². The third kappa shape index (κ3) is 5.59. The van der Waals surface area contributed by atoms with E-state index in [0.29, 0.717) is 17.5 Å². The van der Waals surface area contributed by atoms with Crippen LogP contribution in [0.15, 0.2) is 42.6 Å². The molecule has 0 radical (unpaired) electrons. The summed E-state index contributed by atoms with van der Waals surface area (Å²) in [5.41, 5.74) is 1.95. The number of aromatic nitrogens is 1. The topological polar surface area (TPSA) is 97.4 Å². The van der Waals surface area contributed by atoms with Crippen LogP contribution in [-0.4, -0.2) is 52.3 Å². The third-order valence-corrected chi connectivity index (χ3v) is 6.05. The average molecular weight is 474 g/mol. The number of pyridine rings is 1. The van der Waals surface area contributed by atoms with Gasteiger partial charge in [0.1, 0.15) is 0 Å². The third-order valence-electron chi connectivity index (χ3n) is 5.61. The van der Waals surface area contributed by atoms with Gasteiger partial charge in [-0.05, 0) is 54.8 Å². The number of rotatable bonds is 8. The number of hydrogen-bond donors (Lipinski definition) is 2. The van der Waals surface area contributed by atoms with Crippen LogP contribution in [0.1, 0.15) is 27.9 Å². The maximum absolute atomic E-state index is 14.5. The Balaban J connectivity index is 1.59. The number of piperazine rings is 1. The SMILES string of the molecule is O=C(c1ccc2ncc(N3CCNCC3)cc2c1)c1cc(CCCNS(=O)[O-])cc(F)c1F. The van der Waals surface area contributed by atoms with Crippen LogP contribution in [0.5, 0.6) is 0 Å². The Morgan fingerprint density at radius 1 is 1.18 bits per heavy atom. The number of nitrogens with one attached hydrogen (secondary N) is 2. The van der Waals surface area contributed by atoms with Gasteiger partial charge in [0, 0.05) is 54.9 Å². The first-order valence-corrected chi connectivity index (χ1v) is 11.7. The summed E-state index contributed by atoms with van der Waals surface area (Å²) in [6.45, 7) is 3.61. The summed E-state index contributed by atoms with van der Waals surface area (Å²) in [4.78, 5) is 19.8.